The van der Waals surface area contributed by atoms with Crippen molar-refractivity contribution in [2.45, 2.75) is 39.3 Å². The number of nitrogens with one attached hydrogen (secondary N) is 1. The molecule has 21 heavy (non-hydrogen) atoms. The summed E-state index contributed by atoms with van der Waals surface area (Å²) in [6.07, 6.45) is 4.22. The van der Waals surface area contributed by atoms with Gasteiger partial charge in [0.15, 0.2) is 0 Å². The van der Waals surface area contributed by atoms with E-state index in [-0.39, 0.29) is 18.4 Å². The molecule has 1 atom stereocenters. The number of carbonyl (C=O) groups is 1. The predicted molar refractivity (Wildman–Crippen MR) is 84.0 cm³/mol. The number of anilines is 1. The Morgan fingerprint density at radius 3 is 2.48 bits per heavy atom. The van der Waals surface area contributed by atoms with Gasteiger partial charge in [-0.25, -0.2) is 0 Å². The van der Waals surface area contributed by atoms with E-state index in [0.717, 1.165) is 16.8 Å². The molecule has 0 unspecified atom stereocenters. The maximum absolute atomic E-state index is 10.9. The molecule has 112 valence electrons. The quantitative estimate of drug-likeness (QED) is 0.857. The van der Waals surface area contributed by atoms with Crippen LogP contribution in [-0.2, 0) is 11.2 Å². The zero-order chi connectivity index (χ0) is 15.4. The number of rotatable bonds is 6. The van der Waals surface area contributed by atoms with E-state index in [4.69, 9.17) is 5.73 Å². The zero-order valence-electron chi connectivity index (χ0n) is 12.7. The Hall–Kier alpha value is -2.30. The topological polar surface area (TPSA) is 72.9 Å². The van der Waals surface area contributed by atoms with E-state index < -0.39 is 0 Å². The van der Waals surface area contributed by atoms with E-state index in [9.17, 15) is 4.79 Å². The summed E-state index contributed by atoms with van der Waals surface area (Å²) >= 11 is 0. The molecule has 5 heteroatoms. The molecule has 0 fully saturated rings. The Morgan fingerprint density at radius 2 is 1.95 bits per heavy atom. The fourth-order valence-electron chi connectivity index (χ4n) is 2.11. The number of amides is 1. The van der Waals surface area contributed by atoms with Crippen molar-refractivity contribution in [2.75, 3.05) is 5.32 Å². The number of benzene rings is 1. The van der Waals surface area contributed by atoms with Crippen molar-refractivity contribution >= 4 is 11.6 Å². The van der Waals surface area contributed by atoms with Gasteiger partial charge in [0, 0.05) is 23.5 Å². The second-order valence-corrected chi connectivity index (χ2v) is 5.55. The lowest BCUT2D eigenvalue weighted by Crippen LogP contribution is -2.13. The molecule has 1 aromatic carbocycles. The Labute approximate surface area is 125 Å². The summed E-state index contributed by atoms with van der Waals surface area (Å²) in [5.41, 5.74) is 8.26. The SMILES string of the molecule is CC(C)n1cc([C@@H](C)Nc2ccc(CC(N)=O)cc2)cn1. The third kappa shape index (κ3) is 4.08. The highest BCUT2D eigenvalue weighted by molar-refractivity contribution is 5.76. The Bertz CT molecular complexity index is 601. The highest BCUT2D eigenvalue weighted by atomic mass is 16.1. The number of nitrogens with zero attached hydrogens (tertiary/aromatic N) is 2. The summed E-state index contributed by atoms with van der Waals surface area (Å²) in [4.78, 5) is 10.9. The van der Waals surface area contributed by atoms with Crippen LogP contribution in [0.1, 0.15) is 44.0 Å². The van der Waals surface area contributed by atoms with Gasteiger partial charge >= 0.3 is 0 Å². The fraction of sp³-hybridized carbons (Fsp3) is 0.375. The summed E-state index contributed by atoms with van der Waals surface area (Å²) in [5, 5.41) is 7.77. The van der Waals surface area contributed by atoms with Crippen molar-refractivity contribution < 1.29 is 4.79 Å². The molecule has 0 saturated heterocycles. The van der Waals surface area contributed by atoms with Gasteiger partial charge in [-0.05, 0) is 38.5 Å². The molecule has 1 aromatic heterocycles. The van der Waals surface area contributed by atoms with Gasteiger partial charge in [0.25, 0.3) is 0 Å². The fourth-order valence-corrected chi connectivity index (χ4v) is 2.11. The van der Waals surface area contributed by atoms with Gasteiger partial charge in [0.1, 0.15) is 0 Å². The van der Waals surface area contributed by atoms with Crippen molar-refractivity contribution in [3.05, 3.63) is 47.8 Å². The molecule has 0 saturated carbocycles. The molecule has 0 radical (unpaired) electrons. The lowest BCUT2D eigenvalue weighted by atomic mass is 10.1. The maximum Gasteiger partial charge on any atom is 0.221 e. The van der Waals surface area contributed by atoms with Crippen molar-refractivity contribution in [1.29, 1.82) is 0 Å². The average molecular weight is 286 g/mol. The van der Waals surface area contributed by atoms with Crippen LogP contribution in [-0.4, -0.2) is 15.7 Å². The van der Waals surface area contributed by atoms with Crippen LogP contribution in [0.2, 0.25) is 0 Å². The minimum absolute atomic E-state index is 0.166. The molecule has 0 aliphatic heterocycles. The molecule has 3 N–H and O–H groups in total. The number of nitrogens with two attached hydrogens (primary N) is 1. The van der Waals surface area contributed by atoms with Gasteiger partial charge in [0.05, 0.1) is 18.7 Å². The van der Waals surface area contributed by atoms with Gasteiger partial charge < -0.3 is 11.1 Å². The summed E-state index contributed by atoms with van der Waals surface area (Å²) in [6, 6.07) is 8.27. The minimum Gasteiger partial charge on any atom is -0.378 e. The third-order valence-electron chi connectivity index (χ3n) is 3.37. The summed E-state index contributed by atoms with van der Waals surface area (Å²) in [7, 11) is 0. The largest absolute Gasteiger partial charge is 0.378 e. The smallest absolute Gasteiger partial charge is 0.221 e. The molecule has 5 nitrogen and oxygen atoms in total. The van der Waals surface area contributed by atoms with Gasteiger partial charge in [-0.2, -0.15) is 5.10 Å². The predicted octanol–water partition coefficient (Wildman–Crippen LogP) is 2.66. The molecule has 0 aliphatic rings. The molecule has 0 bridgehead atoms. The van der Waals surface area contributed by atoms with Crippen LogP contribution in [0.5, 0.6) is 0 Å². The van der Waals surface area contributed by atoms with E-state index >= 15 is 0 Å². The Morgan fingerprint density at radius 1 is 1.29 bits per heavy atom. The van der Waals surface area contributed by atoms with E-state index in [2.05, 4.69) is 37.4 Å². The van der Waals surface area contributed by atoms with Crippen LogP contribution in [0, 0.1) is 0 Å². The van der Waals surface area contributed by atoms with Gasteiger partial charge in [0.2, 0.25) is 5.91 Å². The molecule has 1 amide bonds. The highest BCUT2D eigenvalue weighted by Crippen LogP contribution is 2.20. The number of aromatic nitrogens is 2. The van der Waals surface area contributed by atoms with Crippen LogP contribution < -0.4 is 11.1 Å². The van der Waals surface area contributed by atoms with Crippen LogP contribution in [0.4, 0.5) is 5.69 Å². The molecular weight excluding hydrogens is 264 g/mol. The summed E-state index contributed by atoms with van der Waals surface area (Å²) in [5.74, 6) is -0.315. The molecule has 2 aromatic rings. The lowest BCUT2D eigenvalue weighted by Gasteiger charge is -2.14. The summed E-state index contributed by atoms with van der Waals surface area (Å²) in [6.45, 7) is 6.30. The number of carbonyl (C=O) groups excluding carboxylic acids is 1. The molecule has 0 aliphatic carbocycles. The lowest BCUT2D eigenvalue weighted by molar-refractivity contribution is -0.117. The van der Waals surface area contributed by atoms with E-state index in [0.29, 0.717) is 6.04 Å². The normalized spacial score (nSPS) is 12.4. The number of hydrogen-bond acceptors (Lipinski definition) is 3. The van der Waals surface area contributed by atoms with Crippen molar-refractivity contribution in [3.8, 4) is 0 Å². The minimum atomic E-state index is -0.315. The second-order valence-electron chi connectivity index (χ2n) is 5.55. The number of hydrogen-bond donors (Lipinski definition) is 2. The first-order valence-corrected chi connectivity index (χ1v) is 7.13. The Kier molecular flexibility index (Phi) is 4.62. The van der Waals surface area contributed by atoms with E-state index in [1.807, 2.05) is 35.1 Å². The number of primary amides is 1. The van der Waals surface area contributed by atoms with Crippen LogP contribution in [0.3, 0.4) is 0 Å². The first-order chi connectivity index (χ1) is 9.95. The average Bonchev–Trinajstić information content (AvgIpc) is 2.90. The monoisotopic (exact) mass is 286 g/mol. The standard InChI is InChI=1S/C16H22N4O/c1-11(2)20-10-14(9-18-20)12(3)19-15-6-4-13(5-7-15)8-16(17)21/h4-7,9-12,19H,8H2,1-3H3,(H2,17,21)/t12-/m1/s1. The maximum atomic E-state index is 10.9. The second kappa shape index (κ2) is 6.43. The molecule has 0 spiro atoms. The van der Waals surface area contributed by atoms with Gasteiger partial charge in [-0.1, -0.05) is 12.1 Å². The van der Waals surface area contributed by atoms with Crippen LogP contribution in [0.15, 0.2) is 36.7 Å². The third-order valence-corrected chi connectivity index (χ3v) is 3.37. The van der Waals surface area contributed by atoms with E-state index in [1.165, 1.54) is 0 Å². The first-order valence-electron chi connectivity index (χ1n) is 7.13. The van der Waals surface area contributed by atoms with Gasteiger partial charge in [-0.15, -0.1) is 0 Å². The van der Waals surface area contributed by atoms with Crippen molar-refractivity contribution in [2.24, 2.45) is 5.73 Å². The van der Waals surface area contributed by atoms with Crippen molar-refractivity contribution in [3.63, 3.8) is 0 Å². The van der Waals surface area contributed by atoms with Crippen LogP contribution >= 0.6 is 0 Å². The van der Waals surface area contributed by atoms with Crippen LogP contribution in [0.25, 0.3) is 0 Å². The molecular formula is C16H22N4O. The molecule has 2 rings (SSSR count). The van der Waals surface area contributed by atoms with Gasteiger partial charge in [-0.3, -0.25) is 9.48 Å². The summed E-state index contributed by atoms with van der Waals surface area (Å²) < 4.78 is 1.95. The van der Waals surface area contributed by atoms with E-state index in [1.54, 1.807) is 0 Å². The Balaban J connectivity index is 2.01. The first kappa shape index (κ1) is 15.1. The highest BCUT2D eigenvalue weighted by Gasteiger charge is 2.09. The van der Waals surface area contributed by atoms with Crippen molar-refractivity contribution in [1.82, 2.24) is 9.78 Å². The molecule has 1 heterocycles. The zero-order valence-corrected chi connectivity index (χ0v) is 12.7.